The quantitative estimate of drug-likeness (QED) is 0.426. The SMILES string of the molecule is Cc1nc2ncnn2c(C)c1CCC(=O)OCC(=O)Nc1c(C#N)cnn1-c1ccccc1. The number of amides is 1. The van der Waals surface area contributed by atoms with Crippen LogP contribution in [0.2, 0.25) is 0 Å². The summed E-state index contributed by atoms with van der Waals surface area (Å²) in [4.78, 5) is 33.1. The molecule has 0 atom stereocenters. The molecule has 0 spiro atoms. The Morgan fingerprint density at radius 2 is 1.97 bits per heavy atom. The Labute approximate surface area is 188 Å². The largest absolute Gasteiger partial charge is 0.456 e. The van der Waals surface area contributed by atoms with Crippen molar-refractivity contribution in [2.24, 2.45) is 0 Å². The number of esters is 1. The number of carbonyl (C=O) groups is 2. The number of ether oxygens (including phenoxy) is 1. The van der Waals surface area contributed by atoms with E-state index in [1.807, 2.05) is 38.1 Å². The summed E-state index contributed by atoms with van der Waals surface area (Å²) in [5, 5.41) is 20.2. The van der Waals surface area contributed by atoms with Gasteiger partial charge in [-0.15, -0.1) is 0 Å². The third-order valence-electron chi connectivity index (χ3n) is 5.08. The summed E-state index contributed by atoms with van der Waals surface area (Å²) >= 11 is 0. The average molecular weight is 444 g/mol. The molecule has 4 rings (SSSR count). The van der Waals surface area contributed by atoms with Crippen molar-refractivity contribution in [3.63, 3.8) is 0 Å². The first-order chi connectivity index (χ1) is 16.0. The van der Waals surface area contributed by atoms with Crippen molar-refractivity contribution in [3.05, 3.63) is 65.4 Å². The van der Waals surface area contributed by atoms with Crippen LogP contribution in [0.1, 0.15) is 28.9 Å². The number of carbonyl (C=O) groups excluding carboxylic acids is 2. The molecular weight excluding hydrogens is 424 g/mol. The van der Waals surface area contributed by atoms with Crippen LogP contribution in [0, 0.1) is 25.2 Å². The van der Waals surface area contributed by atoms with Crippen molar-refractivity contribution in [2.45, 2.75) is 26.7 Å². The highest BCUT2D eigenvalue weighted by molar-refractivity contribution is 5.93. The van der Waals surface area contributed by atoms with E-state index < -0.39 is 18.5 Å². The van der Waals surface area contributed by atoms with Gasteiger partial charge in [-0.25, -0.2) is 14.2 Å². The number of aromatic nitrogens is 6. The number of benzene rings is 1. The number of anilines is 1. The lowest BCUT2D eigenvalue weighted by molar-refractivity contribution is -0.147. The normalized spacial score (nSPS) is 10.7. The van der Waals surface area contributed by atoms with Gasteiger partial charge in [0.05, 0.1) is 11.9 Å². The zero-order chi connectivity index (χ0) is 23.4. The molecular formula is C22H20N8O3. The van der Waals surface area contributed by atoms with Crippen molar-refractivity contribution in [3.8, 4) is 11.8 Å². The lowest BCUT2D eigenvalue weighted by atomic mass is 10.1. The van der Waals surface area contributed by atoms with E-state index in [-0.39, 0.29) is 17.8 Å². The fraction of sp³-hybridized carbons (Fsp3) is 0.227. The third kappa shape index (κ3) is 4.54. The van der Waals surface area contributed by atoms with E-state index >= 15 is 0 Å². The highest BCUT2D eigenvalue weighted by Gasteiger charge is 2.17. The second kappa shape index (κ2) is 9.27. The maximum Gasteiger partial charge on any atom is 0.306 e. The lowest BCUT2D eigenvalue weighted by Crippen LogP contribution is -2.23. The van der Waals surface area contributed by atoms with E-state index in [0.717, 1.165) is 17.0 Å². The first kappa shape index (κ1) is 21.6. The summed E-state index contributed by atoms with van der Waals surface area (Å²) in [6, 6.07) is 11.1. The van der Waals surface area contributed by atoms with Gasteiger partial charge in [0.15, 0.2) is 12.4 Å². The van der Waals surface area contributed by atoms with Gasteiger partial charge in [-0.2, -0.15) is 20.4 Å². The minimum atomic E-state index is -0.574. The van der Waals surface area contributed by atoms with Crippen LogP contribution >= 0.6 is 0 Å². The highest BCUT2D eigenvalue weighted by Crippen LogP contribution is 2.19. The lowest BCUT2D eigenvalue weighted by Gasteiger charge is -2.11. The number of fused-ring (bicyclic) bond motifs is 1. The topological polar surface area (TPSA) is 140 Å². The molecule has 0 unspecified atom stereocenters. The van der Waals surface area contributed by atoms with E-state index in [1.54, 1.807) is 16.6 Å². The van der Waals surface area contributed by atoms with Gasteiger partial charge in [-0.1, -0.05) is 18.2 Å². The number of nitrogens with one attached hydrogen (secondary N) is 1. The number of aryl methyl sites for hydroxylation is 2. The number of hydrogen-bond donors (Lipinski definition) is 1. The van der Waals surface area contributed by atoms with E-state index in [2.05, 4.69) is 25.5 Å². The van der Waals surface area contributed by atoms with Crippen molar-refractivity contribution < 1.29 is 14.3 Å². The predicted octanol–water partition coefficient (Wildman–Crippen LogP) is 1.91. The van der Waals surface area contributed by atoms with Crippen LogP contribution in [-0.4, -0.2) is 47.8 Å². The van der Waals surface area contributed by atoms with Crippen LogP contribution in [-0.2, 0) is 20.7 Å². The summed E-state index contributed by atoms with van der Waals surface area (Å²) in [6.07, 6.45) is 3.24. The molecule has 11 heteroatoms. The van der Waals surface area contributed by atoms with Gasteiger partial charge in [0.2, 0.25) is 0 Å². The van der Waals surface area contributed by atoms with Gasteiger partial charge in [0, 0.05) is 17.8 Å². The van der Waals surface area contributed by atoms with Crippen LogP contribution in [0.15, 0.2) is 42.9 Å². The van der Waals surface area contributed by atoms with Crippen molar-refractivity contribution in [2.75, 3.05) is 11.9 Å². The molecule has 1 aromatic carbocycles. The molecule has 0 radical (unpaired) electrons. The monoisotopic (exact) mass is 444 g/mol. The third-order valence-corrected chi connectivity index (χ3v) is 5.08. The van der Waals surface area contributed by atoms with Crippen LogP contribution in [0.3, 0.4) is 0 Å². The van der Waals surface area contributed by atoms with Crippen molar-refractivity contribution >= 4 is 23.5 Å². The fourth-order valence-electron chi connectivity index (χ4n) is 3.45. The molecule has 0 bridgehead atoms. The standard InChI is InChI=1S/C22H20N8O3/c1-14-18(15(2)29-22(27-14)24-13-26-29)8-9-20(32)33-12-19(31)28-21-16(10-23)11-25-30(21)17-6-4-3-5-7-17/h3-7,11,13H,8-9,12H2,1-2H3,(H,28,31). The minimum Gasteiger partial charge on any atom is -0.456 e. The second-order valence-corrected chi connectivity index (χ2v) is 7.21. The Kier molecular flexibility index (Phi) is 6.08. The molecule has 0 aliphatic rings. The number of nitrogens with zero attached hydrogens (tertiary/aromatic N) is 7. The average Bonchev–Trinajstić information content (AvgIpc) is 3.45. The van der Waals surface area contributed by atoms with Gasteiger partial charge in [-0.05, 0) is 38.0 Å². The fourth-order valence-corrected chi connectivity index (χ4v) is 3.45. The molecule has 33 heavy (non-hydrogen) atoms. The summed E-state index contributed by atoms with van der Waals surface area (Å²) in [7, 11) is 0. The molecule has 3 aromatic heterocycles. The Bertz CT molecular complexity index is 1370. The molecule has 166 valence electrons. The Hall–Kier alpha value is -4.59. The minimum absolute atomic E-state index is 0.0717. The molecule has 0 aliphatic carbocycles. The van der Waals surface area contributed by atoms with E-state index in [9.17, 15) is 14.9 Å². The van der Waals surface area contributed by atoms with Crippen LogP contribution in [0.5, 0.6) is 0 Å². The van der Waals surface area contributed by atoms with Crippen LogP contribution in [0.4, 0.5) is 5.82 Å². The van der Waals surface area contributed by atoms with Crippen LogP contribution in [0.25, 0.3) is 11.5 Å². The summed E-state index contributed by atoms with van der Waals surface area (Å²) in [5.74, 6) is -0.391. The second-order valence-electron chi connectivity index (χ2n) is 7.21. The maximum atomic E-state index is 12.4. The highest BCUT2D eigenvalue weighted by atomic mass is 16.5. The molecule has 3 heterocycles. The summed E-state index contributed by atoms with van der Waals surface area (Å²) in [6.45, 7) is 3.24. The maximum absolute atomic E-state index is 12.4. The molecule has 1 N–H and O–H groups in total. The van der Waals surface area contributed by atoms with E-state index in [0.29, 0.717) is 17.9 Å². The van der Waals surface area contributed by atoms with Crippen molar-refractivity contribution in [1.82, 2.24) is 29.4 Å². The molecule has 0 saturated heterocycles. The first-order valence-electron chi connectivity index (χ1n) is 10.1. The van der Waals surface area contributed by atoms with Gasteiger partial charge < -0.3 is 10.1 Å². The summed E-state index contributed by atoms with van der Waals surface area (Å²) in [5.41, 5.74) is 3.35. The number of rotatable bonds is 7. The zero-order valence-electron chi connectivity index (χ0n) is 18.0. The van der Waals surface area contributed by atoms with E-state index in [4.69, 9.17) is 4.74 Å². The molecule has 0 aliphatic heterocycles. The number of para-hydroxylation sites is 1. The van der Waals surface area contributed by atoms with Gasteiger partial charge in [-0.3, -0.25) is 9.59 Å². The van der Waals surface area contributed by atoms with Gasteiger partial charge in [0.1, 0.15) is 18.0 Å². The molecule has 4 aromatic rings. The number of hydrogen-bond acceptors (Lipinski definition) is 8. The number of nitriles is 1. The van der Waals surface area contributed by atoms with Gasteiger partial charge >= 0.3 is 5.97 Å². The van der Waals surface area contributed by atoms with Crippen molar-refractivity contribution in [1.29, 1.82) is 5.26 Å². The summed E-state index contributed by atoms with van der Waals surface area (Å²) < 4.78 is 8.18. The molecule has 11 nitrogen and oxygen atoms in total. The predicted molar refractivity (Wildman–Crippen MR) is 116 cm³/mol. The smallest absolute Gasteiger partial charge is 0.306 e. The zero-order valence-corrected chi connectivity index (χ0v) is 18.0. The Morgan fingerprint density at radius 1 is 1.18 bits per heavy atom. The van der Waals surface area contributed by atoms with Crippen LogP contribution < -0.4 is 5.32 Å². The molecule has 0 saturated carbocycles. The molecule has 1 amide bonds. The Morgan fingerprint density at radius 3 is 2.73 bits per heavy atom. The van der Waals surface area contributed by atoms with Gasteiger partial charge in [0.25, 0.3) is 11.7 Å². The first-order valence-corrected chi connectivity index (χ1v) is 10.1. The van der Waals surface area contributed by atoms with E-state index in [1.165, 1.54) is 17.2 Å². The molecule has 0 fully saturated rings. The Balaban J connectivity index is 1.36.